The Balaban J connectivity index is 1.26. The van der Waals surface area contributed by atoms with Crippen LogP contribution in [0.4, 0.5) is 13.2 Å². The van der Waals surface area contributed by atoms with Gasteiger partial charge < -0.3 is 15.0 Å². The van der Waals surface area contributed by atoms with Crippen molar-refractivity contribution in [1.82, 2.24) is 20.3 Å². The molecule has 170 valence electrons. The number of hydrogen-bond acceptors (Lipinski definition) is 4. The molecule has 0 saturated carbocycles. The van der Waals surface area contributed by atoms with Crippen LogP contribution < -0.4 is 10.1 Å². The Bertz CT molecular complexity index is 1230. The number of aromatic amines is 1. The number of hydrogen-bond donors (Lipinski definition) is 2. The van der Waals surface area contributed by atoms with E-state index >= 15 is 0 Å². The zero-order valence-corrected chi connectivity index (χ0v) is 17.8. The van der Waals surface area contributed by atoms with Gasteiger partial charge >= 0.3 is 6.18 Å². The number of H-pyrrole nitrogens is 1. The topological polar surface area (TPSA) is 62.8 Å². The molecular weight excluding hydrogens is 429 g/mol. The van der Waals surface area contributed by atoms with Gasteiger partial charge in [0.25, 0.3) is 0 Å². The first-order valence-corrected chi connectivity index (χ1v) is 10.9. The van der Waals surface area contributed by atoms with Crippen LogP contribution >= 0.6 is 0 Å². The van der Waals surface area contributed by atoms with Crippen molar-refractivity contribution < 1.29 is 17.9 Å². The summed E-state index contributed by atoms with van der Waals surface area (Å²) in [4.78, 5) is 12.6. The molecule has 0 bridgehead atoms. The molecule has 5 rings (SSSR count). The number of nitrogens with one attached hydrogen (secondary N) is 2. The molecule has 5 nitrogen and oxygen atoms in total. The van der Waals surface area contributed by atoms with Gasteiger partial charge in [-0.3, -0.25) is 0 Å². The van der Waals surface area contributed by atoms with Crippen LogP contribution in [-0.2, 0) is 12.8 Å². The van der Waals surface area contributed by atoms with E-state index < -0.39 is 11.7 Å². The van der Waals surface area contributed by atoms with E-state index in [0.29, 0.717) is 17.2 Å². The molecule has 0 spiro atoms. The lowest BCUT2D eigenvalue weighted by atomic mass is 9.91. The average Bonchev–Trinajstić information content (AvgIpc) is 3.27. The molecule has 2 aromatic heterocycles. The fourth-order valence-electron chi connectivity index (χ4n) is 4.09. The molecule has 33 heavy (non-hydrogen) atoms. The summed E-state index contributed by atoms with van der Waals surface area (Å²) in [7, 11) is 0. The first-order valence-electron chi connectivity index (χ1n) is 10.9. The molecule has 2 N–H and O–H groups in total. The van der Waals surface area contributed by atoms with Crippen molar-refractivity contribution in [2.24, 2.45) is 0 Å². The minimum atomic E-state index is -4.34. The van der Waals surface area contributed by atoms with Crippen LogP contribution in [0.5, 0.6) is 5.75 Å². The Hall–Kier alpha value is -3.39. The second kappa shape index (κ2) is 8.86. The van der Waals surface area contributed by atoms with Crippen molar-refractivity contribution in [2.75, 3.05) is 13.1 Å². The molecule has 1 aliphatic heterocycles. The smallest absolute Gasteiger partial charge is 0.416 e. The Morgan fingerprint density at radius 3 is 2.39 bits per heavy atom. The number of benzene rings is 2. The quantitative estimate of drug-likeness (QED) is 0.408. The van der Waals surface area contributed by atoms with Crippen LogP contribution in [0.15, 0.2) is 60.8 Å². The van der Waals surface area contributed by atoms with Crippen molar-refractivity contribution in [3.8, 4) is 17.1 Å². The predicted molar refractivity (Wildman–Crippen MR) is 120 cm³/mol. The van der Waals surface area contributed by atoms with Crippen molar-refractivity contribution >= 4 is 11.2 Å². The number of pyridine rings is 1. The number of rotatable bonds is 5. The van der Waals surface area contributed by atoms with Crippen LogP contribution in [0.1, 0.15) is 35.4 Å². The summed E-state index contributed by atoms with van der Waals surface area (Å²) in [6.07, 6.45) is -0.175. The van der Waals surface area contributed by atoms with Gasteiger partial charge in [0.15, 0.2) is 5.65 Å². The number of aromatic nitrogens is 3. The maximum atomic E-state index is 12.7. The minimum Gasteiger partial charge on any atom is -0.489 e. The minimum absolute atomic E-state index is 0.186. The fourth-order valence-corrected chi connectivity index (χ4v) is 4.09. The van der Waals surface area contributed by atoms with Crippen LogP contribution in [0.2, 0.25) is 0 Å². The van der Waals surface area contributed by atoms with E-state index in [1.807, 2.05) is 30.5 Å². The first kappa shape index (κ1) is 21.5. The van der Waals surface area contributed by atoms with E-state index in [9.17, 15) is 13.2 Å². The Labute approximate surface area is 189 Å². The van der Waals surface area contributed by atoms with Gasteiger partial charge in [-0.2, -0.15) is 13.2 Å². The Morgan fingerprint density at radius 1 is 0.970 bits per heavy atom. The maximum Gasteiger partial charge on any atom is 0.416 e. The maximum absolute atomic E-state index is 12.7. The predicted octanol–water partition coefficient (Wildman–Crippen LogP) is 5.69. The SMILES string of the molecule is FC(F)(F)c1ccc(COc2ccc(-c3nc4cc(C5CCNCC5)cnc4[nH]3)cc2)cc1. The summed E-state index contributed by atoms with van der Waals surface area (Å²) < 4.78 is 43.7. The van der Waals surface area contributed by atoms with Crippen LogP contribution in [-0.4, -0.2) is 28.0 Å². The molecule has 1 saturated heterocycles. The standard InChI is InChI=1S/C25H23F3N4O/c26-25(27,28)20-5-1-16(2-6-20)15-33-21-7-3-18(4-8-21)23-31-22-13-19(14-30-24(22)32-23)17-9-11-29-12-10-17/h1-8,13-14,17,29H,9-12,15H2,(H,30,31,32). The lowest BCUT2D eigenvalue weighted by molar-refractivity contribution is -0.137. The summed E-state index contributed by atoms with van der Waals surface area (Å²) in [5, 5.41) is 3.38. The highest BCUT2D eigenvalue weighted by Gasteiger charge is 2.29. The Kier molecular flexibility index (Phi) is 5.76. The van der Waals surface area contributed by atoms with Gasteiger partial charge in [0.05, 0.1) is 5.56 Å². The third-order valence-electron chi connectivity index (χ3n) is 5.98. The molecule has 4 aromatic rings. The first-order chi connectivity index (χ1) is 16.0. The highest BCUT2D eigenvalue weighted by atomic mass is 19.4. The van der Waals surface area contributed by atoms with Crippen molar-refractivity contribution in [2.45, 2.75) is 31.5 Å². The highest BCUT2D eigenvalue weighted by molar-refractivity contribution is 5.76. The molecule has 0 amide bonds. The molecule has 0 aliphatic carbocycles. The lowest BCUT2D eigenvalue weighted by Gasteiger charge is -2.22. The lowest BCUT2D eigenvalue weighted by Crippen LogP contribution is -2.26. The van der Waals surface area contributed by atoms with E-state index in [4.69, 9.17) is 9.72 Å². The van der Waals surface area contributed by atoms with Crippen LogP contribution in [0, 0.1) is 0 Å². The van der Waals surface area contributed by atoms with E-state index in [1.165, 1.54) is 17.7 Å². The zero-order chi connectivity index (χ0) is 22.8. The molecule has 1 fully saturated rings. The molecule has 2 aromatic carbocycles. The summed E-state index contributed by atoms with van der Waals surface area (Å²) in [5.41, 5.74) is 3.74. The van der Waals surface area contributed by atoms with E-state index in [0.717, 1.165) is 60.6 Å². The molecule has 8 heteroatoms. The monoisotopic (exact) mass is 452 g/mol. The number of alkyl halides is 3. The zero-order valence-electron chi connectivity index (χ0n) is 17.8. The van der Waals surface area contributed by atoms with Gasteiger partial charge in [0.1, 0.15) is 23.7 Å². The number of halogens is 3. The molecule has 1 aliphatic rings. The van der Waals surface area contributed by atoms with Gasteiger partial charge in [-0.25, -0.2) is 9.97 Å². The third-order valence-corrected chi connectivity index (χ3v) is 5.98. The third kappa shape index (κ3) is 4.85. The van der Waals surface area contributed by atoms with E-state index in [2.05, 4.69) is 21.4 Å². The van der Waals surface area contributed by atoms with Crippen molar-refractivity contribution in [3.05, 3.63) is 77.5 Å². The van der Waals surface area contributed by atoms with Crippen LogP contribution in [0.25, 0.3) is 22.6 Å². The molecule has 0 atom stereocenters. The van der Waals surface area contributed by atoms with Gasteiger partial charge in [0.2, 0.25) is 0 Å². The van der Waals surface area contributed by atoms with Crippen molar-refractivity contribution in [3.63, 3.8) is 0 Å². The van der Waals surface area contributed by atoms with Gasteiger partial charge in [-0.05, 0) is 85.4 Å². The summed E-state index contributed by atoms with van der Waals surface area (Å²) in [6.45, 7) is 2.25. The number of fused-ring (bicyclic) bond motifs is 1. The summed E-state index contributed by atoms with van der Waals surface area (Å²) >= 11 is 0. The summed E-state index contributed by atoms with van der Waals surface area (Å²) in [5.74, 6) is 1.87. The number of nitrogens with zero attached hydrogens (tertiary/aromatic N) is 2. The molecule has 3 heterocycles. The van der Waals surface area contributed by atoms with Gasteiger partial charge in [-0.1, -0.05) is 12.1 Å². The molecular formula is C25H23F3N4O. The van der Waals surface area contributed by atoms with E-state index in [1.54, 1.807) is 0 Å². The van der Waals surface area contributed by atoms with Crippen molar-refractivity contribution in [1.29, 1.82) is 0 Å². The van der Waals surface area contributed by atoms with Gasteiger partial charge in [0, 0.05) is 11.8 Å². The average molecular weight is 452 g/mol. The number of piperidine rings is 1. The summed E-state index contributed by atoms with van der Waals surface area (Å²) in [6, 6.07) is 14.5. The Morgan fingerprint density at radius 2 is 1.70 bits per heavy atom. The number of ether oxygens (including phenoxy) is 1. The van der Waals surface area contributed by atoms with Crippen LogP contribution in [0.3, 0.4) is 0 Å². The molecule has 0 radical (unpaired) electrons. The van der Waals surface area contributed by atoms with Gasteiger partial charge in [-0.15, -0.1) is 0 Å². The van der Waals surface area contributed by atoms with E-state index in [-0.39, 0.29) is 6.61 Å². The second-order valence-corrected chi connectivity index (χ2v) is 8.25. The molecule has 0 unspecified atom stereocenters. The highest BCUT2D eigenvalue weighted by Crippen LogP contribution is 2.30. The second-order valence-electron chi connectivity index (χ2n) is 8.25. The fraction of sp³-hybridized carbons (Fsp3) is 0.280. The largest absolute Gasteiger partial charge is 0.489 e. The number of imidazole rings is 1. The normalized spacial score (nSPS) is 15.1.